The normalized spacial score (nSPS) is 14.2. The second-order valence-electron chi connectivity index (χ2n) is 3.29. The maximum atomic E-state index is 11.4. The summed E-state index contributed by atoms with van der Waals surface area (Å²) in [7, 11) is 0. The number of halogens is 1. The summed E-state index contributed by atoms with van der Waals surface area (Å²) in [6, 6.07) is 7.69. The molecule has 4 nitrogen and oxygen atoms in total. The molecule has 1 aromatic heterocycles. The van der Waals surface area contributed by atoms with Gasteiger partial charge in [-0.25, -0.2) is 4.98 Å². The second-order valence-corrected chi connectivity index (χ2v) is 5.09. The molecule has 6 heteroatoms. The molecule has 80 valence electrons. The van der Waals surface area contributed by atoms with Gasteiger partial charge in [-0.3, -0.25) is 4.79 Å². The fourth-order valence-electron chi connectivity index (χ4n) is 1.50. The summed E-state index contributed by atoms with van der Waals surface area (Å²) < 4.78 is 2.30. The smallest absolute Gasteiger partial charge is 0.259 e. The van der Waals surface area contributed by atoms with Gasteiger partial charge >= 0.3 is 0 Å². The van der Waals surface area contributed by atoms with E-state index in [0.29, 0.717) is 16.7 Å². The summed E-state index contributed by atoms with van der Waals surface area (Å²) in [6.07, 6.45) is 0. The number of carbonyl (C=O) groups excluding carboxylic acids is 1. The molecule has 0 amide bonds. The summed E-state index contributed by atoms with van der Waals surface area (Å²) in [4.78, 5) is 15.8. The van der Waals surface area contributed by atoms with Gasteiger partial charge in [0.25, 0.3) is 5.91 Å². The van der Waals surface area contributed by atoms with Crippen molar-refractivity contribution in [3.8, 4) is 11.4 Å². The molecule has 16 heavy (non-hydrogen) atoms. The molecule has 0 fully saturated rings. The van der Waals surface area contributed by atoms with E-state index in [4.69, 9.17) is 0 Å². The van der Waals surface area contributed by atoms with Crippen LogP contribution in [0.15, 0.2) is 33.9 Å². The van der Waals surface area contributed by atoms with Crippen LogP contribution < -0.4 is 0 Å². The molecule has 0 saturated heterocycles. The number of fused-ring (bicyclic) bond motifs is 1. The van der Waals surface area contributed by atoms with Crippen LogP contribution in [0.25, 0.3) is 11.4 Å². The second kappa shape index (κ2) is 3.71. The van der Waals surface area contributed by atoms with Crippen molar-refractivity contribution >= 4 is 33.6 Å². The number of rotatable bonds is 1. The van der Waals surface area contributed by atoms with Crippen molar-refractivity contribution in [1.29, 1.82) is 0 Å². The first-order valence-corrected chi connectivity index (χ1v) is 6.41. The molecule has 0 aliphatic carbocycles. The van der Waals surface area contributed by atoms with Gasteiger partial charge in [0.1, 0.15) is 0 Å². The molecule has 1 aliphatic heterocycles. The van der Waals surface area contributed by atoms with Crippen LogP contribution in [-0.2, 0) is 0 Å². The Morgan fingerprint density at radius 2 is 2.19 bits per heavy atom. The van der Waals surface area contributed by atoms with Crippen molar-refractivity contribution in [2.24, 2.45) is 0 Å². The Kier molecular flexibility index (Phi) is 2.33. The van der Waals surface area contributed by atoms with Gasteiger partial charge in [-0.2, -0.15) is 4.68 Å². The lowest BCUT2D eigenvalue weighted by molar-refractivity contribution is 0.0923. The van der Waals surface area contributed by atoms with Crippen LogP contribution in [0.3, 0.4) is 0 Å². The zero-order chi connectivity index (χ0) is 11.1. The fraction of sp³-hybridized carbons (Fsp3) is 0.100. The van der Waals surface area contributed by atoms with Crippen LogP contribution in [-0.4, -0.2) is 26.4 Å². The Hall–Kier alpha value is -1.14. The lowest BCUT2D eigenvalue weighted by Crippen LogP contribution is -2.08. The number of benzene rings is 1. The maximum absolute atomic E-state index is 11.4. The Bertz CT molecular complexity index is 581. The first kappa shape index (κ1) is 10.0. The highest BCUT2D eigenvalue weighted by Crippen LogP contribution is 2.29. The Morgan fingerprint density at radius 3 is 2.94 bits per heavy atom. The quantitative estimate of drug-likeness (QED) is 0.811. The van der Waals surface area contributed by atoms with E-state index in [1.807, 2.05) is 24.3 Å². The number of hydrogen-bond donors (Lipinski definition) is 0. The molecule has 0 atom stereocenters. The van der Waals surface area contributed by atoms with Crippen LogP contribution in [0.4, 0.5) is 0 Å². The molecule has 2 heterocycles. The zero-order valence-electron chi connectivity index (χ0n) is 8.05. The van der Waals surface area contributed by atoms with Crippen LogP contribution in [0.5, 0.6) is 0 Å². The first-order chi connectivity index (χ1) is 7.75. The van der Waals surface area contributed by atoms with E-state index in [-0.39, 0.29) is 5.91 Å². The van der Waals surface area contributed by atoms with Crippen molar-refractivity contribution in [3.05, 3.63) is 28.7 Å². The largest absolute Gasteiger partial charge is 0.271 e. The average Bonchev–Trinajstić information content (AvgIpc) is 2.82. The van der Waals surface area contributed by atoms with Gasteiger partial charge in [-0.1, -0.05) is 39.8 Å². The molecule has 0 unspecified atom stereocenters. The van der Waals surface area contributed by atoms with Crippen LogP contribution in [0.2, 0.25) is 0 Å². The molecule has 0 bridgehead atoms. The standard InChI is InChI=1S/C10H6BrN3OS/c11-7-4-2-1-3-6(7)9-12-10-14(13-9)8(15)5-16-10/h1-4H,5H2. The highest BCUT2D eigenvalue weighted by atomic mass is 79.9. The summed E-state index contributed by atoms with van der Waals surface area (Å²) in [6.45, 7) is 0. The first-order valence-electron chi connectivity index (χ1n) is 4.63. The molecule has 1 aliphatic rings. The van der Waals surface area contributed by atoms with Gasteiger partial charge in [0.15, 0.2) is 11.0 Å². The maximum Gasteiger partial charge on any atom is 0.259 e. The summed E-state index contributed by atoms with van der Waals surface area (Å²) in [5, 5.41) is 4.88. The summed E-state index contributed by atoms with van der Waals surface area (Å²) in [5.41, 5.74) is 0.901. The van der Waals surface area contributed by atoms with Crippen molar-refractivity contribution in [2.45, 2.75) is 5.16 Å². The van der Waals surface area contributed by atoms with Gasteiger partial charge < -0.3 is 0 Å². The predicted octanol–water partition coefficient (Wildman–Crippen LogP) is 2.45. The lowest BCUT2D eigenvalue weighted by atomic mass is 10.2. The molecule has 2 aromatic rings. The van der Waals surface area contributed by atoms with Crippen LogP contribution in [0.1, 0.15) is 4.79 Å². The van der Waals surface area contributed by atoms with Gasteiger partial charge in [0, 0.05) is 10.0 Å². The number of hydrogen-bond acceptors (Lipinski definition) is 4. The molecule has 0 N–H and O–H groups in total. The average molecular weight is 296 g/mol. The minimum atomic E-state index is -0.00852. The Labute approximate surface area is 104 Å². The topological polar surface area (TPSA) is 47.8 Å². The molecular formula is C10H6BrN3OS. The van der Waals surface area contributed by atoms with E-state index in [0.717, 1.165) is 10.0 Å². The van der Waals surface area contributed by atoms with Crippen molar-refractivity contribution in [1.82, 2.24) is 14.8 Å². The number of carbonyl (C=O) groups is 1. The molecular weight excluding hydrogens is 290 g/mol. The van der Waals surface area contributed by atoms with Crippen molar-refractivity contribution in [3.63, 3.8) is 0 Å². The van der Waals surface area contributed by atoms with Crippen LogP contribution in [0, 0.1) is 0 Å². The highest BCUT2D eigenvalue weighted by Gasteiger charge is 2.24. The third-order valence-corrected chi connectivity index (χ3v) is 3.86. The van der Waals surface area contributed by atoms with E-state index in [2.05, 4.69) is 26.0 Å². The van der Waals surface area contributed by atoms with Crippen molar-refractivity contribution < 1.29 is 4.79 Å². The molecule has 0 radical (unpaired) electrons. The zero-order valence-corrected chi connectivity index (χ0v) is 10.5. The number of thioether (sulfide) groups is 1. The number of aromatic nitrogens is 3. The summed E-state index contributed by atoms with van der Waals surface area (Å²) >= 11 is 4.86. The van der Waals surface area contributed by atoms with E-state index in [9.17, 15) is 4.79 Å². The minimum absolute atomic E-state index is 0.00852. The minimum Gasteiger partial charge on any atom is -0.271 e. The molecule has 1 aromatic carbocycles. The molecule has 3 rings (SSSR count). The third kappa shape index (κ3) is 1.49. The van der Waals surface area contributed by atoms with Crippen molar-refractivity contribution in [2.75, 3.05) is 5.75 Å². The Balaban J connectivity index is 2.12. The lowest BCUT2D eigenvalue weighted by Gasteiger charge is -1.97. The van der Waals surface area contributed by atoms with Gasteiger partial charge in [-0.05, 0) is 12.1 Å². The summed E-state index contributed by atoms with van der Waals surface area (Å²) in [5.74, 6) is 1.01. The van der Waals surface area contributed by atoms with Crippen LogP contribution >= 0.6 is 27.7 Å². The third-order valence-electron chi connectivity index (χ3n) is 2.25. The monoisotopic (exact) mass is 295 g/mol. The number of nitrogens with zero attached hydrogens (tertiary/aromatic N) is 3. The van der Waals surface area contributed by atoms with E-state index in [1.165, 1.54) is 16.4 Å². The predicted molar refractivity (Wildman–Crippen MR) is 64.5 cm³/mol. The molecule has 0 saturated carbocycles. The fourth-order valence-corrected chi connectivity index (χ4v) is 2.75. The van der Waals surface area contributed by atoms with E-state index < -0.39 is 0 Å². The van der Waals surface area contributed by atoms with Gasteiger partial charge in [0.05, 0.1) is 5.75 Å². The Morgan fingerprint density at radius 1 is 1.38 bits per heavy atom. The van der Waals surface area contributed by atoms with Gasteiger partial charge in [-0.15, -0.1) is 5.10 Å². The SMILES string of the molecule is O=C1CSc2nc(-c3ccccc3Br)nn21. The van der Waals surface area contributed by atoms with E-state index in [1.54, 1.807) is 0 Å². The molecule has 0 spiro atoms. The van der Waals surface area contributed by atoms with Gasteiger partial charge in [0.2, 0.25) is 0 Å². The van der Waals surface area contributed by atoms with E-state index >= 15 is 0 Å². The highest BCUT2D eigenvalue weighted by molar-refractivity contribution is 9.10.